The number of allylic oxidation sites excluding steroid dienone is 1. The van der Waals surface area contributed by atoms with E-state index < -0.39 is 0 Å². The standard InChI is InChI=1S/C27H51NO2/c1-3-5-7-9-10-11-12-13-14-15-16-17-18-19-20-22-27(29)28(24-26-25-30-26)23-21-8-6-4-2/h21,23,26H,3-20,22,24-25H2,1-2H3. The van der Waals surface area contributed by atoms with Gasteiger partial charge in [-0.05, 0) is 12.8 Å². The lowest BCUT2D eigenvalue weighted by Gasteiger charge is -2.17. The smallest absolute Gasteiger partial charge is 0.226 e. The number of ether oxygens (including phenoxy) is 1. The number of carbonyl (C=O) groups excluding carboxylic acids is 1. The summed E-state index contributed by atoms with van der Waals surface area (Å²) in [5.74, 6) is 0.271. The van der Waals surface area contributed by atoms with Gasteiger partial charge in [0.05, 0.1) is 19.3 Å². The Morgan fingerprint density at radius 1 is 0.767 bits per heavy atom. The summed E-state index contributed by atoms with van der Waals surface area (Å²) in [5.41, 5.74) is 0. The molecule has 0 bridgehead atoms. The van der Waals surface area contributed by atoms with Crippen LogP contribution in [0.15, 0.2) is 12.3 Å². The first-order valence-corrected chi connectivity index (χ1v) is 13.4. The first-order valence-electron chi connectivity index (χ1n) is 13.4. The first-order chi connectivity index (χ1) is 14.8. The monoisotopic (exact) mass is 421 g/mol. The minimum atomic E-state index is 0.269. The van der Waals surface area contributed by atoms with Crippen LogP contribution in [-0.2, 0) is 9.53 Å². The molecule has 0 spiro atoms. The zero-order chi connectivity index (χ0) is 21.7. The first kappa shape index (κ1) is 27.2. The van der Waals surface area contributed by atoms with Crippen LogP contribution < -0.4 is 0 Å². The molecule has 0 aromatic rings. The van der Waals surface area contributed by atoms with Gasteiger partial charge in [0.25, 0.3) is 0 Å². The quantitative estimate of drug-likeness (QED) is 0.130. The van der Waals surface area contributed by atoms with Crippen LogP contribution in [0.3, 0.4) is 0 Å². The summed E-state index contributed by atoms with van der Waals surface area (Å²) in [6, 6.07) is 0. The Labute approximate surface area is 188 Å². The Hall–Kier alpha value is -0.830. The molecule has 0 N–H and O–H groups in total. The van der Waals surface area contributed by atoms with Gasteiger partial charge >= 0.3 is 0 Å². The molecule has 3 heteroatoms. The number of hydrogen-bond donors (Lipinski definition) is 0. The molecular formula is C27H51NO2. The molecule has 0 aromatic carbocycles. The molecule has 0 saturated carbocycles. The average Bonchev–Trinajstić information content (AvgIpc) is 3.57. The fraction of sp³-hybridized carbons (Fsp3) is 0.889. The van der Waals surface area contributed by atoms with Crippen molar-refractivity contribution in [2.45, 2.75) is 142 Å². The summed E-state index contributed by atoms with van der Waals surface area (Å²) >= 11 is 0. The summed E-state index contributed by atoms with van der Waals surface area (Å²) in [5, 5.41) is 0. The molecule has 30 heavy (non-hydrogen) atoms. The zero-order valence-corrected chi connectivity index (χ0v) is 20.3. The van der Waals surface area contributed by atoms with Crippen molar-refractivity contribution in [2.24, 2.45) is 0 Å². The predicted octanol–water partition coefficient (Wildman–Crippen LogP) is 8.18. The average molecular weight is 422 g/mol. The van der Waals surface area contributed by atoms with Crippen LogP contribution in [0.5, 0.6) is 0 Å². The molecule has 1 saturated heterocycles. The van der Waals surface area contributed by atoms with Crippen LogP contribution in [0.2, 0.25) is 0 Å². The number of hydrogen-bond acceptors (Lipinski definition) is 2. The normalized spacial score (nSPS) is 15.7. The highest BCUT2D eigenvalue weighted by Gasteiger charge is 2.26. The number of unbranched alkanes of at least 4 members (excludes halogenated alkanes) is 16. The molecule has 1 unspecified atom stereocenters. The summed E-state index contributed by atoms with van der Waals surface area (Å²) < 4.78 is 5.32. The Kier molecular flexibility index (Phi) is 18.2. The van der Waals surface area contributed by atoms with Gasteiger partial charge in [0.2, 0.25) is 5.91 Å². The second-order valence-corrected chi connectivity index (χ2v) is 9.23. The third-order valence-corrected chi connectivity index (χ3v) is 6.13. The van der Waals surface area contributed by atoms with E-state index in [1.807, 2.05) is 11.1 Å². The highest BCUT2D eigenvalue weighted by molar-refractivity contribution is 5.77. The molecule has 1 aliphatic rings. The Balaban J connectivity index is 1.91. The van der Waals surface area contributed by atoms with Crippen molar-refractivity contribution in [1.29, 1.82) is 0 Å². The number of nitrogens with zero attached hydrogens (tertiary/aromatic N) is 1. The second kappa shape index (κ2) is 20.1. The largest absolute Gasteiger partial charge is 0.371 e. The number of epoxide rings is 1. The van der Waals surface area contributed by atoms with Crippen molar-refractivity contribution in [2.75, 3.05) is 13.2 Å². The van der Waals surface area contributed by atoms with E-state index in [4.69, 9.17) is 4.74 Å². The molecule has 0 aromatic heterocycles. The zero-order valence-electron chi connectivity index (χ0n) is 20.3. The van der Waals surface area contributed by atoms with E-state index in [0.29, 0.717) is 6.42 Å². The van der Waals surface area contributed by atoms with Gasteiger partial charge in [-0.15, -0.1) is 0 Å². The van der Waals surface area contributed by atoms with Crippen LogP contribution >= 0.6 is 0 Å². The Morgan fingerprint density at radius 3 is 1.70 bits per heavy atom. The van der Waals surface area contributed by atoms with Gasteiger partial charge in [-0.2, -0.15) is 0 Å². The second-order valence-electron chi connectivity index (χ2n) is 9.23. The van der Waals surface area contributed by atoms with Gasteiger partial charge in [0.15, 0.2) is 0 Å². The molecule has 0 radical (unpaired) electrons. The fourth-order valence-corrected chi connectivity index (χ4v) is 3.95. The van der Waals surface area contributed by atoms with Crippen molar-refractivity contribution in [1.82, 2.24) is 4.90 Å². The van der Waals surface area contributed by atoms with Gasteiger partial charge in [0, 0.05) is 12.6 Å². The SMILES string of the molecule is CCCCC=CN(CC1CO1)C(=O)CCCCCCCCCCCCCCCCC. The lowest BCUT2D eigenvalue weighted by atomic mass is 10.0. The predicted molar refractivity (Wildman–Crippen MR) is 130 cm³/mol. The van der Waals surface area contributed by atoms with Crippen LogP contribution in [0, 0.1) is 0 Å². The van der Waals surface area contributed by atoms with Gasteiger partial charge < -0.3 is 9.64 Å². The molecule has 1 amide bonds. The maximum Gasteiger partial charge on any atom is 0.226 e. The van der Waals surface area contributed by atoms with Crippen LogP contribution in [-0.4, -0.2) is 30.1 Å². The molecule has 1 heterocycles. The van der Waals surface area contributed by atoms with E-state index in [0.717, 1.165) is 26.0 Å². The summed E-state index contributed by atoms with van der Waals surface area (Å²) in [6.45, 7) is 6.03. The maximum atomic E-state index is 12.5. The lowest BCUT2D eigenvalue weighted by Crippen LogP contribution is -2.29. The molecule has 1 atom stereocenters. The summed E-state index contributed by atoms with van der Waals surface area (Å²) in [7, 11) is 0. The highest BCUT2D eigenvalue weighted by atomic mass is 16.6. The molecule has 1 fully saturated rings. The topological polar surface area (TPSA) is 32.8 Å². The van der Waals surface area contributed by atoms with E-state index in [1.165, 1.54) is 103 Å². The summed E-state index contributed by atoms with van der Waals surface area (Å²) in [4.78, 5) is 14.4. The fourth-order valence-electron chi connectivity index (χ4n) is 3.95. The molecule has 0 aliphatic carbocycles. The molecule has 1 rings (SSSR count). The van der Waals surface area contributed by atoms with Gasteiger partial charge in [-0.1, -0.05) is 123 Å². The van der Waals surface area contributed by atoms with Gasteiger partial charge in [-0.25, -0.2) is 0 Å². The van der Waals surface area contributed by atoms with E-state index in [2.05, 4.69) is 19.9 Å². The lowest BCUT2D eigenvalue weighted by molar-refractivity contribution is -0.129. The van der Waals surface area contributed by atoms with E-state index in [1.54, 1.807) is 0 Å². The van der Waals surface area contributed by atoms with Gasteiger partial charge in [0.1, 0.15) is 0 Å². The van der Waals surface area contributed by atoms with Crippen molar-refractivity contribution in [3.63, 3.8) is 0 Å². The van der Waals surface area contributed by atoms with Crippen molar-refractivity contribution in [3.05, 3.63) is 12.3 Å². The third-order valence-electron chi connectivity index (χ3n) is 6.13. The maximum absolute atomic E-state index is 12.5. The Morgan fingerprint density at radius 2 is 1.23 bits per heavy atom. The molecular weight excluding hydrogens is 370 g/mol. The minimum Gasteiger partial charge on any atom is -0.371 e. The van der Waals surface area contributed by atoms with Crippen molar-refractivity contribution < 1.29 is 9.53 Å². The van der Waals surface area contributed by atoms with E-state index >= 15 is 0 Å². The van der Waals surface area contributed by atoms with Crippen molar-refractivity contribution in [3.8, 4) is 0 Å². The van der Waals surface area contributed by atoms with E-state index in [9.17, 15) is 4.79 Å². The number of rotatable bonds is 22. The van der Waals surface area contributed by atoms with Gasteiger partial charge in [-0.3, -0.25) is 4.79 Å². The Bertz CT molecular complexity index is 417. The number of carbonyl (C=O) groups is 1. The van der Waals surface area contributed by atoms with E-state index in [-0.39, 0.29) is 12.0 Å². The minimum absolute atomic E-state index is 0.269. The van der Waals surface area contributed by atoms with Crippen LogP contribution in [0.4, 0.5) is 0 Å². The number of amides is 1. The molecule has 1 aliphatic heterocycles. The van der Waals surface area contributed by atoms with Crippen LogP contribution in [0.25, 0.3) is 0 Å². The van der Waals surface area contributed by atoms with Crippen LogP contribution in [0.1, 0.15) is 136 Å². The molecule has 176 valence electrons. The highest BCUT2D eigenvalue weighted by Crippen LogP contribution is 2.16. The summed E-state index contributed by atoms with van der Waals surface area (Å²) in [6.07, 6.45) is 29.0. The molecule has 3 nitrogen and oxygen atoms in total. The third kappa shape index (κ3) is 16.9. The van der Waals surface area contributed by atoms with Crippen molar-refractivity contribution >= 4 is 5.91 Å².